The molecule has 34 heavy (non-hydrogen) atoms. The molecule has 0 aliphatic rings. The fraction of sp³-hybridized carbons (Fsp3) is 0.0833. The number of H-pyrrole nitrogens is 1. The van der Waals surface area contributed by atoms with E-state index in [0.29, 0.717) is 16.9 Å². The van der Waals surface area contributed by atoms with E-state index in [0.717, 1.165) is 11.3 Å². The summed E-state index contributed by atoms with van der Waals surface area (Å²) >= 11 is 6.02. The summed E-state index contributed by atoms with van der Waals surface area (Å²) in [5, 5.41) is 8.27. The molecule has 170 valence electrons. The first-order valence-corrected chi connectivity index (χ1v) is 10.7. The van der Waals surface area contributed by atoms with E-state index in [2.05, 4.69) is 20.2 Å². The van der Waals surface area contributed by atoms with Gasteiger partial charge in [0, 0.05) is 16.9 Å². The van der Waals surface area contributed by atoms with Crippen LogP contribution in [-0.2, 0) is 17.8 Å². The monoisotopic (exact) mass is 478 g/mol. The van der Waals surface area contributed by atoms with Gasteiger partial charge in [-0.3, -0.25) is 9.20 Å². The number of anilines is 1. The van der Waals surface area contributed by atoms with Gasteiger partial charge in [-0.25, -0.2) is 13.8 Å². The van der Waals surface area contributed by atoms with Gasteiger partial charge in [-0.15, -0.1) is 10.2 Å². The molecule has 0 saturated heterocycles. The van der Waals surface area contributed by atoms with Crippen LogP contribution in [0.15, 0.2) is 73.3 Å². The fourth-order valence-corrected chi connectivity index (χ4v) is 3.95. The van der Waals surface area contributed by atoms with E-state index in [1.54, 1.807) is 30.7 Å². The van der Waals surface area contributed by atoms with Gasteiger partial charge in [0.2, 0.25) is 5.91 Å². The Kier molecular flexibility index (Phi) is 5.77. The van der Waals surface area contributed by atoms with Crippen molar-refractivity contribution in [3.63, 3.8) is 0 Å². The molecule has 2 aromatic carbocycles. The summed E-state index contributed by atoms with van der Waals surface area (Å²) in [6, 6.07) is 14.2. The average Bonchev–Trinajstić information content (AvgIpc) is 3.48. The Balaban J connectivity index is 1.48. The molecule has 5 aromatic rings. The Morgan fingerprint density at radius 2 is 1.85 bits per heavy atom. The number of hydrogen-bond acceptors (Lipinski definition) is 4. The van der Waals surface area contributed by atoms with Crippen LogP contribution >= 0.6 is 11.6 Å². The number of carbonyl (C=O) groups is 1. The summed E-state index contributed by atoms with van der Waals surface area (Å²) in [6.45, 7) is 0.0742. The van der Waals surface area contributed by atoms with Crippen LogP contribution in [0.3, 0.4) is 0 Å². The second-order valence-corrected chi connectivity index (χ2v) is 8.07. The van der Waals surface area contributed by atoms with Crippen molar-refractivity contribution < 1.29 is 13.6 Å². The largest absolute Gasteiger partial charge is 0.345 e. The highest BCUT2D eigenvalue weighted by Gasteiger charge is 2.20. The minimum absolute atomic E-state index is 0.0742. The zero-order valence-electron chi connectivity index (χ0n) is 17.6. The fourth-order valence-electron chi connectivity index (χ4n) is 3.71. The second kappa shape index (κ2) is 9.03. The molecular weight excluding hydrogens is 462 g/mol. The van der Waals surface area contributed by atoms with E-state index in [9.17, 15) is 13.6 Å². The molecule has 0 radical (unpaired) electrons. The van der Waals surface area contributed by atoms with Crippen molar-refractivity contribution in [2.24, 2.45) is 0 Å². The highest BCUT2D eigenvalue weighted by molar-refractivity contribution is 6.30. The summed E-state index contributed by atoms with van der Waals surface area (Å²) < 4.78 is 29.1. The topological polar surface area (TPSA) is 79.2 Å². The second-order valence-electron chi connectivity index (χ2n) is 7.64. The maximum atomic E-state index is 14.0. The maximum Gasteiger partial charge on any atom is 0.234 e. The molecule has 3 aromatic heterocycles. The van der Waals surface area contributed by atoms with Crippen molar-refractivity contribution in [3.8, 4) is 11.3 Å². The molecule has 0 aliphatic carbocycles. The third-order valence-corrected chi connectivity index (χ3v) is 5.52. The number of pyridine rings is 1. The van der Waals surface area contributed by atoms with Gasteiger partial charge in [0.1, 0.15) is 17.5 Å². The van der Waals surface area contributed by atoms with E-state index in [1.807, 2.05) is 12.1 Å². The highest BCUT2D eigenvalue weighted by Crippen LogP contribution is 2.25. The summed E-state index contributed by atoms with van der Waals surface area (Å²) in [7, 11) is 0. The van der Waals surface area contributed by atoms with Gasteiger partial charge in [-0.1, -0.05) is 23.7 Å². The number of aromatic nitrogens is 5. The Labute approximate surface area is 197 Å². The Bertz CT molecular complexity index is 1450. The van der Waals surface area contributed by atoms with Gasteiger partial charge < -0.3 is 9.88 Å². The molecule has 0 unspecified atom stereocenters. The van der Waals surface area contributed by atoms with Crippen LogP contribution in [0.5, 0.6) is 0 Å². The van der Waals surface area contributed by atoms with Crippen molar-refractivity contribution in [2.75, 3.05) is 4.90 Å². The van der Waals surface area contributed by atoms with Gasteiger partial charge in [0.05, 0.1) is 31.2 Å². The lowest BCUT2D eigenvalue weighted by Gasteiger charge is -2.23. The van der Waals surface area contributed by atoms with Gasteiger partial charge >= 0.3 is 0 Å². The van der Waals surface area contributed by atoms with Crippen LogP contribution in [0.25, 0.3) is 16.9 Å². The maximum absolute atomic E-state index is 14.0. The van der Waals surface area contributed by atoms with Crippen molar-refractivity contribution in [3.05, 3.63) is 101 Å². The SMILES string of the molecule is O=C(Cc1nnc2ccc(F)cn12)N(Cc1cc(F)cc(Cl)c1)c1ccc(-c2cnc[nH]2)cc1. The van der Waals surface area contributed by atoms with E-state index in [1.165, 1.54) is 39.8 Å². The normalized spacial score (nSPS) is 11.1. The number of hydrogen-bond donors (Lipinski definition) is 1. The molecule has 0 aliphatic heterocycles. The van der Waals surface area contributed by atoms with Crippen molar-refractivity contribution in [2.45, 2.75) is 13.0 Å². The van der Waals surface area contributed by atoms with Gasteiger partial charge in [-0.05, 0) is 53.6 Å². The number of rotatable bonds is 6. The number of nitrogens with zero attached hydrogens (tertiary/aromatic N) is 5. The molecule has 10 heteroatoms. The number of imidazole rings is 1. The van der Waals surface area contributed by atoms with Gasteiger partial charge in [0.15, 0.2) is 5.65 Å². The summed E-state index contributed by atoms with van der Waals surface area (Å²) in [5.74, 6) is -1.01. The van der Waals surface area contributed by atoms with Crippen LogP contribution < -0.4 is 4.90 Å². The van der Waals surface area contributed by atoms with E-state index in [-0.39, 0.29) is 29.7 Å². The highest BCUT2D eigenvalue weighted by atomic mass is 35.5. The minimum atomic E-state index is -0.497. The van der Waals surface area contributed by atoms with Gasteiger partial charge in [-0.2, -0.15) is 0 Å². The molecule has 0 bridgehead atoms. The third-order valence-electron chi connectivity index (χ3n) is 5.30. The smallest absolute Gasteiger partial charge is 0.234 e. The molecule has 0 spiro atoms. The summed E-state index contributed by atoms with van der Waals surface area (Å²) in [6.07, 6.45) is 4.37. The molecule has 1 amide bonds. The lowest BCUT2D eigenvalue weighted by molar-refractivity contribution is -0.118. The van der Waals surface area contributed by atoms with Crippen molar-refractivity contribution in [1.82, 2.24) is 24.6 Å². The summed E-state index contributed by atoms with van der Waals surface area (Å²) in [4.78, 5) is 22.0. The molecule has 0 saturated carbocycles. The predicted molar refractivity (Wildman–Crippen MR) is 123 cm³/mol. The Hall–Kier alpha value is -4.11. The van der Waals surface area contributed by atoms with Crippen molar-refractivity contribution in [1.29, 1.82) is 0 Å². The van der Waals surface area contributed by atoms with E-state index < -0.39 is 11.6 Å². The number of fused-ring (bicyclic) bond motifs is 1. The number of aromatic amines is 1. The van der Waals surface area contributed by atoms with Gasteiger partial charge in [0.25, 0.3) is 0 Å². The van der Waals surface area contributed by atoms with Crippen molar-refractivity contribution >= 4 is 28.8 Å². The average molecular weight is 479 g/mol. The zero-order valence-corrected chi connectivity index (χ0v) is 18.4. The molecule has 0 atom stereocenters. The molecule has 3 heterocycles. The third kappa shape index (κ3) is 4.51. The quantitative estimate of drug-likeness (QED) is 0.379. The standard InChI is InChI=1S/C24H17ClF2N6O/c25-17-7-15(8-19(27)9-17)12-32(20-4-1-16(2-5-20)21-11-28-14-29-21)24(34)10-23-31-30-22-6-3-18(26)13-33(22)23/h1-9,11,13-14H,10,12H2,(H,28,29). The minimum Gasteiger partial charge on any atom is -0.345 e. The summed E-state index contributed by atoms with van der Waals surface area (Å²) in [5.41, 5.74) is 3.26. The van der Waals surface area contributed by atoms with Crippen LogP contribution in [0, 0.1) is 11.6 Å². The first-order valence-electron chi connectivity index (χ1n) is 10.3. The van der Waals surface area contributed by atoms with Crippen LogP contribution in [-0.4, -0.2) is 30.5 Å². The number of amides is 1. The Morgan fingerprint density at radius 3 is 2.59 bits per heavy atom. The first kappa shape index (κ1) is 21.7. The van der Waals surface area contributed by atoms with Crippen LogP contribution in [0.1, 0.15) is 11.4 Å². The molecule has 7 nitrogen and oxygen atoms in total. The molecule has 0 fully saturated rings. The number of benzene rings is 2. The number of carbonyl (C=O) groups excluding carboxylic acids is 1. The first-order chi connectivity index (χ1) is 16.5. The molecular formula is C24H17ClF2N6O. The molecule has 1 N–H and O–H groups in total. The van der Waals surface area contributed by atoms with Crippen LogP contribution in [0.2, 0.25) is 5.02 Å². The van der Waals surface area contributed by atoms with Crippen LogP contribution in [0.4, 0.5) is 14.5 Å². The number of halogens is 3. The lowest BCUT2D eigenvalue weighted by Crippen LogP contribution is -2.32. The molecule has 5 rings (SSSR count). The zero-order chi connectivity index (χ0) is 23.7. The number of nitrogens with one attached hydrogen (secondary N) is 1. The Morgan fingerprint density at radius 1 is 1.03 bits per heavy atom. The predicted octanol–water partition coefficient (Wildman–Crippen LogP) is 4.83. The lowest BCUT2D eigenvalue weighted by atomic mass is 10.1. The van der Waals surface area contributed by atoms with E-state index >= 15 is 0 Å². The van der Waals surface area contributed by atoms with E-state index in [4.69, 9.17) is 11.6 Å².